The quantitative estimate of drug-likeness (QED) is 0.731. The molecule has 2 aromatic carbocycles. The lowest BCUT2D eigenvalue weighted by Gasteiger charge is -2.16. The fourth-order valence-electron chi connectivity index (χ4n) is 2.30. The first-order valence-electron chi connectivity index (χ1n) is 7.98. The van der Waals surface area contributed by atoms with Crippen molar-refractivity contribution in [3.05, 3.63) is 53.6 Å². The van der Waals surface area contributed by atoms with Gasteiger partial charge in [-0.15, -0.1) is 0 Å². The zero-order chi connectivity index (χ0) is 20.0. The molecule has 0 saturated heterocycles. The van der Waals surface area contributed by atoms with Gasteiger partial charge in [0, 0.05) is 11.9 Å². The van der Waals surface area contributed by atoms with E-state index < -0.39 is 9.84 Å². The number of nitrogens with zero attached hydrogens (tertiary/aromatic N) is 1. The summed E-state index contributed by atoms with van der Waals surface area (Å²) < 4.78 is 23.1. The van der Waals surface area contributed by atoms with E-state index in [9.17, 15) is 18.0 Å². The zero-order valence-corrected chi connectivity index (χ0v) is 16.5. The molecule has 144 valence electrons. The Kier molecular flexibility index (Phi) is 6.95. The molecule has 27 heavy (non-hydrogen) atoms. The van der Waals surface area contributed by atoms with Crippen molar-refractivity contribution < 1.29 is 18.0 Å². The van der Waals surface area contributed by atoms with E-state index in [0.717, 1.165) is 6.26 Å². The van der Waals surface area contributed by atoms with Crippen molar-refractivity contribution in [3.8, 4) is 0 Å². The number of nitrogens with one attached hydrogen (secondary N) is 2. The topological polar surface area (TPSA) is 95.6 Å². The second-order valence-corrected chi connectivity index (χ2v) is 8.47. The molecule has 0 aliphatic rings. The Hall–Kier alpha value is -2.42. The van der Waals surface area contributed by atoms with Gasteiger partial charge < -0.3 is 10.6 Å². The first-order valence-corrected chi connectivity index (χ1v) is 10.2. The summed E-state index contributed by atoms with van der Waals surface area (Å²) in [6.07, 6.45) is 1.10. The van der Waals surface area contributed by atoms with E-state index in [1.165, 1.54) is 17.0 Å². The number of halogens is 1. The van der Waals surface area contributed by atoms with Crippen molar-refractivity contribution in [1.82, 2.24) is 4.90 Å². The van der Waals surface area contributed by atoms with Gasteiger partial charge in [-0.2, -0.15) is 0 Å². The van der Waals surface area contributed by atoms with Crippen LogP contribution in [-0.2, 0) is 19.4 Å². The Morgan fingerprint density at radius 2 is 1.63 bits per heavy atom. The Morgan fingerprint density at radius 3 is 2.26 bits per heavy atom. The molecule has 9 heteroatoms. The van der Waals surface area contributed by atoms with Crippen LogP contribution in [0.15, 0.2) is 53.4 Å². The first-order chi connectivity index (χ1) is 12.6. The average Bonchev–Trinajstić information content (AvgIpc) is 2.56. The number of amides is 2. The van der Waals surface area contributed by atoms with Crippen molar-refractivity contribution in [2.24, 2.45) is 0 Å². The summed E-state index contributed by atoms with van der Waals surface area (Å²) in [6, 6.07) is 12.8. The standard InChI is InChI=1S/C18H20ClN3O4S/c1-22(12-18(24)21-16-9-4-3-8-15(16)19)11-17(23)20-13-6-5-7-14(10-13)27(2,25)26/h3-10H,11-12H2,1-2H3,(H,20,23)(H,21,24). The number of carbonyl (C=O) groups is 2. The molecular formula is C18H20ClN3O4S. The number of rotatable bonds is 7. The van der Waals surface area contributed by atoms with Crippen LogP contribution in [0, 0.1) is 0 Å². The van der Waals surface area contributed by atoms with Gasteiger partial charge in [-0.1, -0.05) is 29.8 Å². The van der Waals surface area contributed by atoms with Gasteiger partial charge in [0.05, 0.1) is 28.7 Å². The fourth-order valence-corrected chi connectivity index (χ4v) is 3.15. The van der Waals surface area contributed by atoms with E-state index in [-0.39, 0.29) is 29.8 Å². The van der Waals surface area contributed by atoms with Crippen LogP contribution in [0.25, 0.3) is 0 Å². The third kappa shape index (κ3) is 6.67. The maximum atomic E-state index is 12.1. The van der Waals surface area contributed by atoms with Gasteiger partial charge in [-0.05, 0) is 37.4 Å². The van der Waals surface area contributed by atoms with Crippen LogP contribution in [0.1, 0.15) is 0 Å². The van der Waals surface area contributed by atoms with Gasteiger partial charge in [-0.25, -0.2) is 8.42 Å². The largest absolute Gasteiger partial charge is 0.325 e. The minimum Gasteiger partial charge on any atom is -0.325 e. The molecule has 0 heterocycles. The van der Waals surface area contributed by atoms with Gasteiger partial charge >= 0.3 is 0 Å². The summed E-state index contributed by atoms with van der Waals surface area (Å²) in [5.41, 5.74) is 0.872. The molecule has 2 rings (SSSR count). The Bertz CT molecular complexity index is 947. The van der Waals surface area contributed by atoms with Crippen LogP contribution < -0.4 is 10.6 Å². The summed E-state index contributed by atoms with van der Waals surface area (Å²) in [4.78, 5) is 25.8. The highest BCUT2D eigenvalue weighted by Crippen LogP contribution is 2.20. The van der Waals surface area contributed by atoms with E-state index in [1.54, 1.807) is 43.4 Å². The highest BCUT2D eigenvalue weighted by Gasteiger charge is 2.13. The molecule has 2 N–H and O–H groups in total. The van der Waals surface area contributed by atoms with Crippen LogP contribution in [0.4, 0.5) is 11.4 Å². The third-order valence-electron chi connectivity index (χ3n) is 3.52. The van der Waals surface area contributed by atoms with E-state index in [0.29, 0.717) is 16.4 Å². The number of anilines is 2. The molecule has 0 spiro atoms. The van der Waals surface area contributed by atoms with Gasteiger partial charge in [0.2, 0.25) is 11.8 Å². The third-order valence-corrected chi connectivity index (χ3v) is 4.96. The second kappa shape index (κ2) is 8.98. The highest BCUT2D eigenvalue weighted by atomic mass is 35.5. The summed E-state index contributed by atoms with van der Waals surface area (Å²) >= 11 is 5.99. The molecular weight excluding hydrogens is 390 g/mol. The molecule has 0 aromatic heterocycles. The summed E-state index contributed by atoms with van der Waals surface area (Å²) in [5.74, 6) is -0.675. The maximum Gasteiger partial charge on any atom is 0.238 e. The molecule has 0 aliphatic carbocycles. The molecule has 0 radical (unpaired) electrons. The van der Waals surface area contributed by atoms with Crippen LogP contribution in [0.3, 0.4) is 0 Å². The van der Waals surface area contributed by atoms with Crippen molar-refractivity contribution in [2.75, 3.05) is 37.0 Å². The highest BCUT2D eigenvalue weighted by molar-refractivity contribution is 7.90. The molecule has 0 fully saturated rings. The minimum absolute atomic E-state index is 0.0119. The van der Waals surface area contributed by atoms with E-state index in [1.807, 2.05) is 0 Å². The first kappa shape index (κ1) is 20.9. The van der Waals surface area contributed by atoms with E-state index in [2.05, 4.69) is 10.6 Å². The summed E-state index contributed by atoms with van der Waals surface area (Å²) in [5, 5.41) is 5.72. The average molecular weight is 410 g/mol. The number of likely N-dealkylation sites (N-methyl/N-ethyl adjacent to an activating group) is 1. The molecule has 0 unspecified atom stereocenters. The lowest BCUT2D eigenvalue weighted by molar-refractivity contribution is -0.119. The molecule has 2 aromatic rings. The molecule has 0 aliphatic heterocycles. The molecule has 2 amide bonds. The monoisotopic (exact) mass is 409 g/mol. The van der Waals surface area contributed by atoms with Gasteiger partial charge in [0.25, 0.3) is 0 Å². The van der Waals surface area contributed by atoms with E-state index >= 15 is 0 Å². The van der Waals surface area contributed by atoms with Crippen LogP contribution in [-0.4, -0.2) is 51.5 Å². The van der Waals surface area contributed by atoms with Crippen molar-refractivity contribution >= 4 is 44.6 Å². The molecule has 7 nitrogen and oxygen atoms in total. The number of sulfone groups is 1. The van der Waals surface area contributed by atoms with Crippen molar-refractivity contribution in [3.63, 3.8) is 0 Å². The minimum atomic E-state index is -3.36. The lowest BCUT2D eigenvalue weighted by Crippen LogP contribution is -2.36. The van der Waals surface area contributed by atoms with Crippen molar-refractivity contribution in [2.45, 2.75) is 4.90 Å². The number of benzene rings is 2. The van der Waals surface area contributed by atoms with Gasteiger partial charge in [-0.3, -0.25) is 14.5 Å². The van der Waals surface area contributed by atoms with Gasteiger partial charge in [0.1, 0.15) is 0 Å². The molecule has 0 bridgehead atoms. The number of hydrogen-bond acceptors (Lipinski definition) is 5. The van der Waals surface area contributed by atoms with Crippen LogP contribution in [0.5, 0.6) is 0 Å². The van der Waals surface area contributed by atoms with E-state index in [4.69, 9.17) is 11.6 Å². The predicted molar refractivity (Wildman–Crippen MR) is 106 cm³/mol. The summed E-state index contributed by atoms with van der Waals surface area (Å²) in [7, 11) is -1.74. The Labute approximate surface area is 163 Å². The number of hydrogen-bond donors (Lipinski definition) is 2. The normalized spacial score (nSPS) is 11.3. The molecule has 0 atom stereocenters. The Morgan fingerprint density at radius 1 is 1.00 bits per heavy atom. The fraction of sp³-hybridized carbons (Fsp3) is 0.222. The van der Waals surface area contributed by atoms with Crippen LogP contribution >= 0.6 is 11.6 Å². The van der Waals surface area contributed by atoms with Crippen molar-refractivity contribution in [1.29, 1.82) is 0 Å². The predicted octanol–water partition coefficient (Wildman–Crippen LogP) is 2.25. The number of carbonyl (C=O) groups excluding carboxylic acids is 2. The second-order valence-electron chi connectivity index (χ2n) is 6.05. The SMILES string of the molecule is CN(CC(=O)Nc1cccc(S(C)(=O)=O)c1)CC(=O)Nc1ccccc1Cl. The zero-order valence-electron chi connectivity index (χ0n) is 14.9. The molecule has 0 saturated carbocycles. The number of para-hydroxylation sites is 1. The Balaban J connectivity index is 1.88. The van der Waals surface area contributed by atoms with Gasteiger partial charge in [0.15, 0.2) is 9.84 Å². The lowest BCUT2D eigenvalue weighted by atomic mass is 10.3. The summed E-state index contributed by atoms with van der Waals surface area (Å²) in [6.45, 7) is -0.0545. The smallest absolute Gasteiger partial charge is 0.238 e. The maximum absolute atomic E-state index is 12.1. The van der Waals surface area contributed by atoms with Crippen LogP contribution in [0.2, 0.25) is 5.02 Å².